The molecule has 1 N–H and O–H groups in total. The van der Waals surface area contributed by atoms with Crippen LogP contribution in [0.25, 0.3) is 18.0 Å². The van der Waals surface area contributed by atoms with Gasteiger partial charge in [0.05, 0.1) is 16.3 Å². The fourth-order valence-corrected chi connectivity index (χ4v) is 1.98. The highest BCUT2D eigenvalue weighted by molar-refractivity contribution is 5.33. The van der Waals surface area contributed by atoms with E-state index in [9.17, 15) is 9.18 Å². The summed E-state index contributed by atoms with van der Waals surface area (Å²) >= 11 is 0. The van der Waals surface area contributed by atoms with Gasteiger partial charge in [0.15, 0.2) is 0 Å². The fourth-order valence-electron chi connectivity index (χ4n) is 1.98. The van der Waals surface area contributed by atoms with Gasteiger partial charge in [-0.15, -0.1) is 0 Å². The van der Waals surface area contributed by atoms with Crippen molar-refractivity contribution in [1.29, 1.82) is 0 Å². The van der Waals surface area contributed by atoms with Gasteiger partial charge in [-0.25, -0.2) is 9.07 Å². The zero-order valence-electron chi connectivity index (χ0n) is 11.9. The zero-order valence-corrected chi connectivity index (χ0v) is 11.9. The number of benzene rings is 1. The molecule has 0 fully saturated rings. The Bertz CT molecular complexity index is 754. The molecule has 0 saturated carbocycles. The number of aromatic amines is 1. The summed E-state index contributed by atoms with van der Waals surface area (Å²) in [6.07, 6.45) is 4.55. The van der Waals surface area contributed by atoms with Crippen LogP contribution in [0.3, 0.4) is 0 Å². The predicted molar refractivity (Wildman–Crippen MR) is 78.5 cm³/mol. The molecule has 0 unspecified atom stereocenters. The highest BCUT2D eigenvalue weighted by Crippen LogP contribution is 2.03. The highest BCUT2D eigenvalue weighted by Gasteiger charge is 2.05. The lowest BCUT2D eigenvalue weighted by atomic mass is 10.3. The highest BCUT2D eigenvalue weighted by atomic mass is 19.1. The van der Waals surface area contributed by atoms with Crippen LogP contribution in [0.5, 0.6) is 0 Å². The minimum Gasteiger partial charge on any atom is -0.383 e. The van der Waals surface area contributed by atoms with Crippen molar-refractivity contribution < 1.29 is 4.39 Å². The molecule has 2 aromatic rings. The average Bonchev–Trinajstić information content (AvgIpc) is 2.69. The van der Waals surface area contributed by atoms with Gasteiger partial charge in [0.25, 0.3) is 5.56 Å². The number of nitrogens with one attached hydrogen (secondary N) is 1. The lowest BCUT2D eigenvalue weighted by Gasteiger charge is -2.01. The second-order valence-electron chi connectivity index (χ2n) is 4.76. The first-order chi connectivity index (χ1) is 9.52. The number of aromatic nitrogens is 2. The smallest absolute Gasteiger partial charge is 0.280 e. The van der Waals surface area contributed by atoms with E-state index < -0.39 is 0 Å². The molecule has 106 valence electrons. The maximum Gasteiger partial charge on any atom is 0.280 e. The second-order valence-corrected chi connectivity index (χ2v) is 4.76. The number of nitrogens with zero attached hydrogens (tertiary/aromatic N) is 2. The Balaban J connectivity index is 2.71. The van der Waals surface area contributed by atoms with E-state index in [2.05, 4.69) is 5.10 Å². The number of rotatable bonds is 3. The van der Waals surface area contributed by atoms with Gasteiger partial charge in [-0.3, -0.25) is 9.89 Å². The van der Waals surface area contributed by atoms with E-state index in [1.807, 2.05) is 32.0 Å². The van der Waals surface area contributed by atoms with Crippen molar-refractivity contribution in [3.8, 4) is 5.69 Å². The SMILES string of the molecule is CCC=c1[nH]n(-c2ccc(F)cc2)c(=O)c1=CN(C)C. The minimum absolute atomic E-state index is 0.148. The van der Waals surface area contributed by atoms with E-state index in [1.165, 1.54) is 16.8 Å². The van der Waals surface area contributed by atoms with E-state index in [4.69, 9.17) is 0 Å². The Kier molecular flexibility index (Phi) is 4.08. The third-order valence-corrected chi connectivity index (χ3v) is 2.84. The Hall–Kier alpha value is -2.30. The molecule has 2 rings (SSSR count). The molecule has 1 aromatic carbocycles. The van der Waals surface area contributed by atoms with Gasteiger partial charge < -0.3 is 4.90 Å². The van der Waals surface area contributed by atoms with Gasteiger partial charge in [-0.2, -0.15) is 0 Å². The quantitative estimate of drug-likeness (QED) is 0.900. The molecule has 0 aliphatic carbocycles. The van der Waals surface area contributed by atoms with E-state index in [-0.39, 0.29) is 11.4 Å². The average molecular weight is 275 g/mol. The summed E-state index contributed by atoms with van der Waals surface area (Å²) in [4.78, 5) is 14.3. The number of hydrogen-bond donors (Lipinski definition) is 1. The predicted octanol–water partition coefficient (Wildman–Crippen LogP) is 0.795. The normalized spacial score (nSPS) is 13.0. The van der Waals surface area contributed by atoms with Crippen molar-refractivity contribution in [2.24, 2.45) is 0 Å². The van der Waals surface area contributed by atoms with Gasteiger partial charge in [0.1, 0.15) is 5.82 Å². The van der Waals surface area contributed by atoms with Crippen LogP contribution in [0.4, 0.5) is 4.39 Å². The summed E-state index contributed by atoms with van der Waals surface area (Å²) in [6.45, 7) is 2.01. The van der Waals surface area contributed by atoms with Crippen LogP contribution in [0.1, 0.15) is 13.3 Å². The first-order valence-electron chi connectivity index (χ1n) is 6.48. The van der Waals surface area contributed by atoms with Crippen LogP contribution in [0.2, 0.25) is 0 Å². The van der Waals surface area contributed by atoms with Gasteiger partial charge in [0.2, 0.25) is 0 Å². The van der Waals surface area contributed by atoms with Crippen molar-refractivity contribution in [2.45, 2.75) is 13.3 Å². The van der Waals surface area contributed by atoms with E-state index in [0.29, 0.717) is 10.9 Å². The third kappa shape index (κ3) is 2.82. The Labute approximate surface area is 116 Å². The van der Waals surface area contributed by atoms with Gasteiger partial charge >= 0.3 is 0 Å². The van der Waals surface area contributed by atoms with Crippen molar-refractivity contribution in [3.63, 3.8) is 0 Å². The molecule has 1 aromatic heterocycles. The molecule has 0 aliphatic heterocycles. The van der Waals surface area contributed by atoms with Crippen LogP contribution in [-0.4, -0.2) is 28.8 Å². The van der Waals surface area contributed by atoms with Crippen molar-refractivity contribution >= 4 is 12.3 Å². The third-order valence-electron chi connectivity index (χ3n) is 2.84. The zero-order chi connectivity index (χ0) is 14.7. The molecule has 20 heavy (non-hydrogen) atoms. The number of hydrogen-bond acceptors (Lipinski definition) is 2. The molecule has 0 spiro atoms. The van der Waals surface area contributed by atoms with E-state index >= 15 is 0 Å². The Morgan fingerprint density at radius 3 is 2.50 bits per heavy atom. The standard InChI is InChI=1S/C15H18FN3O/c1-4-5-14-13(10-18(2)3)15(20)19(17-14)12-8-6-11(16)7-9-12/h5-10,17H,4H2,1-3H3. The fraction of sp³-hybridized carbons (Fsp3) is 0.267. The summed E-state index contributed by atoms with van der Waals surface area (Å²) in [5.41, 5.74) is 0.463. The van der Waals surface area contributed by atoms with Gasteiger partial charge in [0, 0.05) is 20.3 Å². The van der Waals surface area contributed by atoms with Crippen LogP contribution in [0.15, 0.2) is 29.1 Å². The first-order valence-corrected chi connectivity index (χ1v) is 6.48. The Morgan fingerprint density at radius 1 is 1.30 bits per heavy atom. The molecular weight excluding hydrogens is 257 g/mol. The number of H-pyrrole nitrogens is 1. The van der Waals surface area contributed by atoms with Gasteiger partial charge in [-0.1, -0.05) is 13.0 Å². The first kappa shape index (κ1) is 14.1. The molecule has 4 nitrogen and oxygen atoms in total. The van der Waals surface area contributed by atoms with Crippen molar-refractivity contribution in [2.75, 3.05) is 14.1 Å². The molecule has 0 saturated heterocycles. The monoisotopic (exact) mass is 275 g/mol. The van der Waals surface area contributed by atoms with Gasteiger partial charge in [-0.05, 0) is 30.7 Å². The van der Waals surface area contributed by atoms with Crippen LogP contribution < -0.4 is 16.1 Å². The second kappa shape index (κ2) is 5.77. The lowest BCUT2D eigenvalue weighted by Crippen LogP contribution is -2.36. The van der Waals surface area contributed by atoms with Crippen molar-refractivity contribution in [3.05, 3.63) is 51.0 Å². The van der Waals surface area contributed by atoms with Crippen LogP contribution in [0, 0.1) is 5.82 Å². The molecule has 0 aliphatic rings. The minimum atomic E-state index is -0.325. The van der Waals surface area contributed by atoms with E-state index in [0.717, 1.165) is 11.8 Å². The van der Waals surface area contributed by atoms with Crippen LogP contribution >= 0.6 is 0 Å². The summed E-state index contributed by atoms with van der Waals surface area (Å²) in [7, 11) is 3.73. The Morgan fingerprint density at radius 2 is 1.95 bits per heavy atom. The summed E-state index contributed by atoms with van der Waals surface area (Å²) < 4.78 is 14.4. The summed E-state index contributed by atoms with van der Waals surface area (Å²) in [6, 6.07) is 5.81. The summed E-state index contributed by atoms with van der Waals surface area (Å²) in [5, 5.41) is 4.43. The van der Waals surface area contributed by atoms with Crippen LogP contribution in [-0.2, 0) is 0 Å². The van der Waals surface area contributed by atoms with Crippen molar-refractivity contribution in [1.82, 2.24) is 14.7 Å². The largest absolute Gasteiger partial charge is 0.383 e. The maximum atomic E-state index is 13.0. The summed E-state index contributed by atoms with van der Waals surface area (Å²) in [5.74, 6) is -0.325. The molecule has 1 heterocycles. The van der Waals surface area contributed by atoms with E-state index in [1.54, 1.807) is 18.3 Å². The molecule has 0 atom stereocenters. The lowest BCUT2D eigenvalue weighted by molar-refractivity contribution is 0.613. The molecule has 0 bridgehead atoms. The molecule has 0 radical (unpaired) electrons. The molecular formula is C15H18FN3O. The topological polar surface area (TPSA) is 41.0 Å². The molecule has 0 amide bonds. The molecule has 5 heteroatoms. The maximum absolute atomic E-state index is 13.0. The number of halogens is 1.